The number of halogens is 1. The number of hydrogen-bond acceptors (Lipinski definition) is 4. The Labute approximate surface area is 100 Å². The first-order chi connectivity index (χ1) is 7.56. The van der Waals surface area contributed by atoms with Crippen LogP contribution in [-0.2, 0) is 0 Å². The summed E-state index contributed by atoms with van der Waals surface area (Å²) in [5.74, 6) is 2.10. The van der Waals surface area contributed by atoms with E-state index in [-0.39, 0.29) is 6.10 Å². The van der Waals surface area contributed by atoms with Crippen LogP contribution in [0.5, 0.6) is 0 Å². The summed E-state index contributed by atoms with van der Waals surface area (Å²) >= 11 is 5.96. The minimum atomic E-state index is -0.386. The van der Waals surface area contributed by atoms with Crippen molar-refractivity contribution < 1.29 is 5.11 Å². The van der Waals surface area contributed by atoms with Gasteiger partial charge >= 0.3 is 0 Å². The summed E-state index contributed by atoms with van der Waals surface area (Å²) < 4.78 is 0. The van der Waals surface area contributed by atoms with E-state index in [9.17, 15) is 5.11 Å². The van der Waals surface area contributed by atoms with E-state index in [0.717, 1.165) is 24.5 Å². The van der Waals surface area contributed by atoms with Gasteiger partial charge in [-0.3, -0.25) is 0 Å². The van der Waals surface area contributed by atoms with Gasteiger partial charge in [0, 0.05) is 25.6 Å². The number of aliphatic hydroxyl groups is 1. The number of rotatable bonds is 4. The van der Waals surface area contributed by atoms with Gasteiger partial charge in [-0.2, -0.15) is 0 Å². The SMILES string of the molecule is CC(O)CN(C)c1cc(Cl)nc(C2CC2)n1. The number of likely N-dealkylation sites (N-methyl/N-ethyl adjacent to an activating group) is 1. The number of nitrogens with zero attached hydrogens (tertiary/aromatic N) is 3. The third-order valence-electron chi connectivity index (χ3n) is 2.57. The van der Waals surface area contributed by atoms with Crippen LogP contribution in [0, 0.1) is 0 Å². The quantitative estimate of drug-likeness (QED) is 0.817. The largest absolute Gasteiger partial charge is 0.392 e. The molecule has 88 valence electrons. The molecule has 4 nitrogen and oxygen atoms in total. The predicted octanol–water partition coefficient (Wildman–Crippen LogP) is 1.82. The Kier molecular flexibility index (Phi) is 3.30. The van der Waals surface area contributed by atoms with Gasteiger partial charge in [-0.1, -0.05) is 11.6 Å². The number of aromatic nitrogens is 2. The second kappa shape index (κ2) is 4.55. The van der Waals surface area contributed by atoms with Crippen LogP contribution in [-0.4, -0.2) is 34.8 Å². The van der Waals surface area contributed by atoms with Gasteiger partial charge in [0.1, 0.15) is 16.8 Å². The Bertz CT molecular complexity index is 379. The average molecular weight is 242 g/mol. The summed E-state index contributed by atoms with van der Waals surface area (Å²) in [4.78, 5) is 10.6. The zero-order valence-electron chi connectivity index (χ0n) is 9.52. The van der Waals surface area contributed by atoms with Crippen LogP contribution in [0.25, 0.3) is 0 Å². The first-order valence-electron chi connectivity index (χ1n) is 5.50. The minimum Gasteiger partial charge on any atom is -0.392 e. The summed E-state index contributed by atoms with van der Waals surface area (Å²) in [5, 5.41) is 9.80. The van der Waals surface area contributed by atoms with Crippen LogP contribution in [0.15, 0.2) is 6.07 Å². The zero-order valence-corrected chi connectivity index (χ0v) is 10.3. The molecule has 0 amide bonds. The molecule has 1 atom stereocenters. The molecule has 1 aliphatic rings. The molecule has 5 heteroatoms. The van der Waals surface area contributed by atoms with Crippen LogP contribution >= 0.6 is 11.6 Å². The molecule has 1 fully saturated rings. The molecule has 1 aliphatic carbocycles. The lowest BCUT2D eigenvalue weighted by molar-refractivity contribution is 0.201. The van der Waals surface area contributed by atoms with Gasteiger partial charge in [0.15, 0.2) is 0 Å². The lowest BCUT2D eigenvalue weighted by Crippen LogP contribution is -2.27. The van der Waals surface area contributed by atoms with Crippen molar-refractivity contribution in [2.24, 2.45) is 0 Å². The monoisotopic (exact) mass is 241 g/mol. The van der Waals surface area contributed by atoms with Gasteiger partial charge < -0.3 is 10.0 Å². The Morgan fingerprint density at radius 3 is 2.81 bits per heavy atom. The summed E-state index contributed by atoms with van der Waals surface area (Å²) in [7, 11) is 1.89. The molecule has 2 rings (SSSR count). The summed E-state index contributed by atoms with van der Waals surface area (Å²) in [5.41, 5.74) is 0. The number of anilines is 1. The van der Waals surface area contributed by atoms with Crippen molar-refractivity contribution in [3.8, 4) is 0 Å². The van der Waals surface area contributed by atoms with Crippen molar-refractivity contribution >= 4 is 17.4 Å². The molecule has 1 N–H and O–H groups in total. The zero-order chi connectivity index (χ0) is 11.7. The fourth-order valence-electron chi connectivity index (χ4n) is 1.63. The van der Waals surface area contributed by atoms with Crippen molar-refractivity contribution in [1.82, 2.24) is 9.97 Å². The topological polar surface area (TPSA) is 49.2 Å². The highest BCUT2D eigenvalue weighted by Crippen LogP contribution is 2.38. The van der Waals surface area contributed by atoms with E-state index in [2.05, 4.69) is 9.97 Å². The third-order valence-corrected chi connectivity index (χ3v) is 2.76. The molecular weight excluding hydrogens is 226 g/mol. The molecule has 0 saturated heterocycles. The highest BCUT2D eigenvalue weighted by molar-refractivity contribution is 6.29. The summed E-state index contributed by atoms with van der Waals surface area (Å²) in [6.07, 6.45) is 1.92. The Morgan fingerprint density at radius 1 is 1.56 bits per heavy atom. The van der Waals surface area contributed by atoms with E-state index >= 15 is 0 Å². The molecule has 1 saturated carbocycles. The lowest BCUT2D eigenvalue weighted by Gasteiger charge is -2.20. The van der Waals surface area contributed by atoms with E-state index in [1.807, 2.05) is 11.9 Å². The Hall–Kier alpha value is -0.870. The van der Waals surface area contributed by atoms with Crippen molar-refractivity contribution in [1.29, 1.82) is 0 Å². The third kappa shape index (κ3) is 2.83. The molecule has 1 aromatic rings. The van der Waals surface area contributed by atoms with Crippen LogP contribution in [0.2, 0.25) is 5.15 Å². The Morgan fingerprint density at radius 2 is 2.25 bits per heavy atom. The van der Waals surface area contributed by atoms with E-state index in [1.54, 1.807) is 13.0 Å². The maximum absolute atomic E-state index is 9.33. The van der Waals surface area contributed by atoms with Crippen LogP contribution in [0.4, 0.5) is 5.82 Å². The van der Waals surface area contributed by atoms with Gasteiger partial charge in [-0.15, -0.1) is 0 Å². The van der Waals surface area contributed by atoms with Gasteiger partial charge in [-0.05, 0) is 19.8 Å². The van der Waals surface area contributed by atoms with Crippen molar-refractivity contribution in [3.05, 3.63) is 17.0 Å². The molecule has 0 aromatic carbocycles. The van der Waals surface area contributed by atoms with Gasteiger partial charge in [0.25, 0.3) is 0 Å². The molecule has 1 heterocycles. The standard InChI is InChI=1S/C11H16ClN3O/c1-7(16)6-15(2)10-5-9(12)13-11(14-10)8-3-4-8/h5,7-8,16H,3-4,6H2,1-2H3. The van der Waals surface area contributed by atoms with Gasteiger partial charge in [0.05, 0.1) is 6.10 Å². The maximum Gasteiger partial charge on any atom is 0.135 e. The van der Waals surface area contributed by atoms with Crippen LogP contribution < -0.4 is 4.90 Å². The second-order valence-electron chi connectivity index (χ2n) is 4.41. The molecule has 1 unspecified atom stereocenters. The summed E-state index contributed by atoms with van der Waals surface area (Å²) in [6, 6.07) is 1.73. The normalized spacial score (nSPS) is 17.2. The van der Waals surface area contributed by atoms with E-state index in [4.69, 9.17) is 11.6 Å². The van der Waals surface area contributed by atoms with Gasteiger partial charge in [-0.25, -0.2) is 9.97 Å². The van der Waals surface area contributed by atoms with Crippen LogP contribution in [0.3, 0.4) is 0 Å². The molecule has 0 aliphatic heterocycles. The first-order valence-corrected chi connectivity index (χ1v) is 5.87. The molecule has 1 aromatic heterocycles. The predicted molar refractivity (Wildman–Crippen MR) is 64.0 cm³/mol. The molecular formula is C11H16ClN3O. The highest BCUT2D eigenvalue weighted by atomic mass is 35.5. The van der Waals surface area contributed by atoms with Gasteiger partial charge in [0.2, 0.25) is 0 Å². The maximum atomic E-state index is 9.33. The fourth-order valence-corrected chi connectivity index (χ4v) is 1.82. The minimum absolute atomic E-state index is 0.386. The Balaban J connectivity index is 2.19. The fraction of sp³-hybridized carbons (Fsp3) is 0.636. The average Bonchev–Trinajstić information content (AvgIpc) is 2.98. The molecule has 0 spiro atoms. The number of aliphatic hydroxyl groups excluding tert-OH is 1. The first kappa shape index (κ1) is 11.6. The summed E-state index contributed by atoms with van der Waals surface area (Å²) in [6.45, 7) is 2.29. The van der Waals surface area contributed by atoms with Crippen molar-refractivity contribution in [3.63, 3.8) is 0 Å². The highest BCUT2D eigenvalue weighted by Gasteiger charge is 2.27. The van der Waals surface area contributed by atoms with E-state index in [1.165, 1.54) is 0 Å². The second-order valence-corrected chi connectivity index (χ2v) is 4.80. The van der Waals surface area contributed by atoms with Crippen molar-refractivity contribution in [2.45, 2.75) is 31.8 Å². The lowest BCUT2D eigenvalue weighted by atomic mass is 10.3. The molecule has 0 bridgehead atoms. The number of hydrogen-bond donors (Lipinski definition) is 1. The van der Waals surface area contributed by atoms with Crippen LogP contribution in [0.1, 0.15) is 31.5 Å². The van der Waals surface area contributed by atoms with E-state index in [0.29, 0.717) is 17.6 Å². The van der Waals surface area contributed by atoms with E-state index < -0.39 is 0 Å². The molecule has 0 radical (unpaired) electrons. The van der Waals surface area contributed by atoms with Crippen molar-refractivity contribution in [2.75, 3.05) is 18.5 Å². The molecule has 16 heavy (non-hydrogen) atoms. The smallest absolute Gasteiger partial charge is 0.135 e.